The SMILES string of the molecule is O=C(CCc1csc(-c2ccc(F)cc2)n1)Nc1ccccc1. The van der Waals surface area contributed by atoms with Gasteiger partial charge < -0.3 is 5.32 Å². The minimum absolute atomic E-state index is 0.0347. The molecule has 0 radical (unpaired) electrons. The molecule has 0 aliphatic heterocycles. The van der Waals surface area contributed by atoms with E-state index in [-0.39, 0.29) is 11.7 Å². The lowest BCUT2D eigenvalue weighted by molar-refractivity contribution is -0.116. The third-order valence-electron chi connectivity index (χ3n) is 3.31. The number of para-hydroxylation sites is 1. The van der Waals surface area contributed by atoms with E-state index in [4.69, 9.17) is 0 Å². The number of nitrogens with zero attached hydrogens (tertiary/aromatic N) is 1. The van der Waals surface area contributed by atoms with Gasteiger partial charge in [-0.1, -0.05) is 18.2 Å². The first-order valence-corrected chi connectivity index (χ1v) is 8.14. The Morgan fingerprint density at radius 1 is 1.09 bits per heavy atom. The van der Waals surface area contributed by atoms with Crippen LogP contribution in [0.4, 0.5) is 10.1 Å². The highest BCUT2D eigenvalue weighted by Crippen LogP contribution is 2.24. The highest BCUT2D eigenvalue weighted by Gasteiger charge is 2.08. The van der Waals surface area contributed by atoms with Gasteiger partial charge in [-0.05, 0) is 42.8 Å². The number of carbonyl (C=O) groups is 1. The maximum Gasteiger partial charge on any atom is 0.224 e. The predicted octanol–water partition coefficient (Wildman–Crippen LogP) is 4.52. The highest BCUT2D eigenvalue weighted by atomic mass is 32.1. The summed E-state index contributed by atoms with van der Waals surface area (Å²) in [5, 5.41) is 5.63. The molecule has 1 N–H and O–H groups in total. The molecule has 3 aromatic rings. The number of aryl methyl sites for hydroxylation is 1. The molecule has 0 saturated heterocycles. The summed E-state index contributed by atoms with van der Waals surface area (Å²) in [5.41, 5.74) is 2.55. The van der Waals surface area contributed by atoms with Gasteiger partial charge in [0, 0.05) is 23.1 Å². The van der Waals surface area contributed by atoms with Crippen molar-refractivity contribution < 1.29 is 9.18 Å². The number of anilines is 1. The molecule has 0 atom stereocenters. The lowest BCUT2D eigenvalue weighted by Crippen LogP contribution is -2.12. The largest absolute Gasteiger partial charge is 0.326 e. The molecule has 3 nitrogen and oxygen atoms in total. The van der Waals surface area contributed by atoms with Crippen molar-refractivity contribution in [2.24, 2.45) is 0 Å². The summed E-state index contributed by atoms with van der Waals surface area (Å²) in [6.07, 6.45) is 0.956. The zero-order valence-electron chi connectivity index (χ0n) is 12.3. The van der Waals surface area contributed by atoms with Crippen LogP contribution in [0.15, 0.2) is 60.0 Å². The maximum atomic E-state index is 12.9. The minimum atomic E-state index is -0.261. The van der Waals surface area contributed by atoms with Crippen LogP contribution in [-0.4, -0.2) is 10.9 Å². The monoisotopic (exact) mass is 326 g/mol. The predicted molar refractivity (Wildman–Crippen MR) is 90.9 cm³/mol. The van der Waals surface area contributed by atoms with Crippen molar-refractivity contribution in [3.8, 4) is 10.6 Å². The molecule has 0 saturated carbocycles. The van der Waals surface area contributed by atoms with E-state index in [1.165, 1.54) is 23.5 Å². The van der Waals surface area contributed by atoms with Crippen LogP contribution in [0.1, 0.15) is 12.1 Å². The van der Waals surface area contributed by atoms with Gasteiger partial charge in [-0.3, -0.25) is 4.79 Å². The third kappa shape index (κ3) is 4.23. The number of halogens is 1. The van der Waals surface area contributed by atoms with Crippen molar-refractivity contribution in [2.45, 2.75) is 12.8 Å². The van der Waals surface area contributed by atoms with E-state index in [1.54, 1.807) is 12.1 Å². The number of rotatable bonds is 5. The topological polar surface area (TPSA) is 42.0 Å². The Morgan fingerprint density at radius 2 is 1.83 bits per heavy atom. The Labute approximate surface area is 137 Å². The molecular formula is C18H15FN2OS. The summed E-state index contributed by atoms with van der Waals surface area (Å²) in [7, 11) is 0. The smallest absolute Gasteiger partial charge is 0.224 e. The number of hydrogen-bond acceptors (Lipinski definition) is 3. The number of benzene rings is 2. The van der Waals surface area contributed by atoms with Crippen LogP contribution in [0.5, 0.6) is 0 Å². The van der Waals surface area contributed by atoms with Gasteiger partial charge in [-0.25, -0.2) is 9.37 Å². The summed E-state index contributed by atoms with van der Waals surface area (Å²) < 4.78 is 12.9. The summed E-state index contributed by atoms with van der Waals surface area (Å²) in [4.78, 5) is 16.4. The fourth-order valence-electron chi connectivity index (χ4n) is 2.13. The van der Waals surface area contributed by atoms with Gasteiger partial charge in [0.25, 0.3) is 0 Å². The number of amides is 1. The van der Waals surface area contributed by atoms with E-state index >= 15 is 0 Å². The van der Waals surface area contributed by atoms with Gasteiger partial charge in [-0.15, -0.1) is 11.3 Å². The van der Waals surface area contributed by atoms with E-state index in [0.29, 0.717) is 12.8 Å². The summed E-state index contributed by atoms with van der Waals surface area (Å²) in [6, 6.07) is 15.6. The van der Waals surface area contributed by atoms with Gasteiger partial charge in [0.2, 0.25) is 5.91 Å². The van der Waals surface area contributed by atoms with Gasteiger partial charge in [0.05, 0.1) is 5.69 Å². The zero-order valence-corrected chi connectivity index (χ0v) is 13.1. The number of thiazole rings is 1. The van der Waals surface area contributed by atoms with Crippen molar-refractivity contribution in [3.05, 3.63) is 71.5 Å². The number of nitrogens with one attached hydrogen (secondary N) is 1. The number of carbonyl (C=O) groups excluding carboxylic acids is 1. The van der Waals surface area contributed by atoms with Gasteiger partial charge in [0.1, 0.15) is 10.8 Å². The van der Waals surface area contributed by atoms with Crippen molar-refractivity contribution in [2.75, 3.05) is 5.32 Å². The first kappa shape index (κ1) is 15.4. The van der Waals surface area contributed by atoms with E-state index in [2.05, 4.69) is 10.3 Å². The quantitative estimate of drug-likeness (QED) is 0.749. The zero-order chi connectivity index (χ0) is 16.1. The molecule has 1 aromatic heterocycles. The fraction of sp³-hybridized carbons (Fsp3) is 0.111. The first-order chi connectivity index (χ1) is 11.2. The second-order valence-electron chi connectivity index (χ2n) is 5.07. The number of aromatic nitrogens is 1. The van der Waals surface area contributed by atoms with Crippen LogP contribution >= 0.6 is 11.3 Å². The standard InChI is InChI=1S/C18H15FN2OS/c19-14-8-6-13(7-9-14)18-21-16(12-23-18)10-11-17(22)20-15-4-2-1-3-5-15/h1-9,12H,10-11H2,(H,20,22). The Hall–Kier alpha value is -2.53. The Bertz CT molecular complexity index is 784. The third-order valence-corrected chi connectivity index (χ3v) is 4.25. The average molecular weight is 326 g/mol. The molecule has 0 fully saturated rings. The van der Waals surface area contributed by atoms with Crippen LogP contribution in [0.25, 0.3) is 10.6 Å². The molecule has 0 spiro atoms. The molecule has 116 valence electrons. The average Bonchev–Trinajstić information content (AvgIpc) is 3.04. The second-order valence-corrected chi connectivity index (χ2v) is 5.92. The molecule has 0 unspecified atom stereocenters. The summed E-state index contributed by atoms with van der Waals surface area (Å²) in [6.45, 7) is 0. The van der Waals surface area contributed by atoms with Gasteiger partial charge >= 0.3 is 0 Å². The Balaban J connectivity index is 1.57. The molecular weight excluding hydrogens is 311 g/mol. The van der Waals surface area contributed by atoms with E-state index in [1.807, 2.05) is 35.7 Å². The van der Waals surface area contributed by atoms with E-state index in [9.17, 15) is 9.18 Å². The fourth-order valence-corrected chi connectivity index (χ4v) is 2.99. The van der Waals surface area contributed by atoms with Crippen molar-refractivity contribution >= 4 is 22.9 Å². The molecule has 3 rings (SSSR count). The van der Waals surface area contributed by atoms with Crippen LogP contribution < -0.4 is 5.32 Å². The first-order valence-electron chi connectivity index (χ1n) is 7.26. The Kier molecular flexibility index (Phi) is 4.78. The molecule has 0 aliphatic carbocycles. The van der Waals surface area contributed by atoms with Crippen LogP contribution in [0.2, 0.25) is 0 Å². The summed E-state index contributed by atoms with van der Waals surface area (Å²) in [5.74, 6) is -0.296. The minimum Gasteiger partial charge on any atom is -0.326 e. The molecule has 23 heavy (non-hydrogen) atoms. The van der Waals surface area contributed by atoms with Crippen molar-refractivity contribution in [3.63, 3.8) is 0 Å². The molecule has 5 heteroatoms. The van der Waals surface area contributed by atoms with Gasteiger partial charge in [-0.2, -0.15) is 0 Å². The lowest BCUT2D eigenvalue weighted by Gasteiger charge is -2.03. The second kappa shape index (κ2) is 7.15. The van der Waals surface area contributed by atoms with Crippen LogP contribution in [0, 0.1) is 5.82 Å². The van der Waals surface area contributed by atoms with E-state index in [0.717, 1.165) is 22.0 Å². The Morgan fingerprint density at radius 3 is 2.57 bits per heavy atom. The highest BCUT2D eigenvalue weighted by molar-refractivity contribution is 7.13. The van der Waals surface area contributed by atoms with Crippen molar-refractivity contribution in [1.82, 2.24) is 4.98 Å². The molecule has 2 aromatic carbocycles. The maximum absolute atomic E-state index is 12.9. The lowest BCUT2D eigenvalue weighted by atomic mass is 10.2. The molecule has 1 amide bonds. The summed E-state index contributed by atoms with van der Waals surface area (Å²) >= 11 is 1.50. The van der Waals surface area contributed by atoms with Gasteiger partial charge in [0.15, 0.2) is 0 Å². The molecule has 1 heterocycles. The molecule has 0 bridgehead atoms. The van der Waals surface area contributed by atoms with Crippen LogP contribution in [-0.2, 0) is 11.2 Å². The van der Waals surface area contributed by atoms with Crippen LogP contribution in [0.3, 0.4) is 0 Å². The number of hydrogen-bond donors (Lipinski definition) is 1. The van der Waals surface area contributed by atoms with Crippen molar-refractivity contribution in [1.29, 1.82) is 0 Å². The normalized spacial score (nSPS) is 10.5. The molecule has 0 aliphatic rings. The van der Waals surface area contributed by atoms with E-state index < -0.39 is 0 Å².